The first-order valence-electron chi connectivity index (χ1n) is 9.70. The van der Waals surface area contributed by atoms with Crippen molar-refractivity contribution in [2.45, 2.75) is 13.8 Å². The summed E-state index contributed by atoms with van der Waals surface area (Å²) >= 11 is 0. The van der Waals surface area contributed by atoms with Crippen molar-refractivity contribution in [1.82, 2.24) is 20.4 Å². The molecule has 0 atom stereocenters. The van der Waals surface area contributed by atoms with Gasteiger partial charge in [0.1, 0.15) is 5.75 Å². The number of aromatic nitrogens is 3. The maximum Gasteiger partial charge on any atom is 0.277 e. The number of H-pyrrole nitrogens is 1. The minimum absolute atomic E-state index is 0.140. The summed E-state index contributed by atoms with van der Waals surface area (Å²) in [5, 5.41) is 5.13. The van der Waals surface area contributed by atoms with Crippen LogP contribution >= 0.6 is 0 Å². The summed E-state index contributed by atoms with van der Waals surface area (Å²) in [6.07, 6.45) is 6.83. The van der Waals surface area contributed by atoms with Crippen molar-refractivity contribution in [3.05, 3.63) is 71.7 Å². The van der Waals surface area contributed by atoms with Crippen LogP contribution < -0.4 is 15.9 Å². The highest BCUT2D eigenvalue weighted by atomic mass is 16.5. The zero-order valence-corrected chi connectivity index (χ0v) is 17.2. The molecular weight excluding hydrogens is 392 g/mol. The largest absolute Gasteiger partial charge is 0.483 e. The molecule has 8 nitrogen and oxygen atoms in total. The first-order valence-corrected chi connectivity index (χ1v) is 9.70. The topological polar surface area (TPSA) is 118 Å². The molecule has 0 unspecified atom stereocenters. The number of benzene rings is 2. The summed E-state index contributed by atoms with van der Waals surface area (Å²) in [5.74, 6) is 0.555. The van der Waals surface area contributed by atoms with Crippen LogP contribution in [0.3, 0.4) is 0 Å². The van der Waals surface area contributed by atoms with Crippen LogP contribution in [0.5, 0.6) is 5.75 Å². The van der Waals surface area contributed by atoms with Crippen LogP contribution in [0.25, 0.3) is 22.0 Å². The number of fused-ring (bicyclic) bond motifs is 1. The Balaban J connectivity index is 1.36. The molecule has 2 heterocycles. The third kappa shape index (κ3) is 4.69. The second-order valence-electron chi connectivity index (χ2n) is 7.18. The molecule has 8 heteroatoms. The van der Waals surface area contributed by atoms with E-state index in [1.54, 1.807) is 18.6 Å². The molecule has 4 rings (SSSR count). The Kier molecular flexibility index (Phi) is 5.61. The van der Waals surface area contributed by atoms with E-state index in [2.05, 4.69) is 25.5 Å². The van der Waals surface area contributed by atoms with E-state index in [0.29, 0.717) is 5.75 Å². The summed E-state index contributed by atoms with van der Waals surface area (Å²) in [7, 11) is 0. The highest BCUT2D eigenvalue weighted by molar-refractivity contribution is 5.89. The van der Waals surface area contributed by atoms with Gasteiger partial charge >= 0.3 is 0 Å². The Bertz CT molecular complexity index is 1240. The molecule has 156 valence electrons. The van der Waals surface area contributed by atoms with E-state index in [1.165, 1.54) is 0 Å². The number of hydrogen-bond acceptors (Lipinski definition) is 6. The lowest BCUT2D eigenvalue weighted by Gasteiger charge is -2.13. The van der Waals surface area contributed by atoms with Gasteiger partial charge in [-0.15, -0.1) is 0 Å². The number of carbonyl (C=O) groups excluding carboxylic acids is 1. The van der Waals surface area contributed by atoms with E-state index >= 15 is 0 Å². The third-order valence-electron chi connectivity index (χ3n) is 4.80. The molecule has 0 saturated heterocycles. The molecule has 0 saturated carbocycles. The molecule has 1 amide bonds. The molecule has 0 radical (unpaired) electrons. The zero-order chi connectivity index (χ0) is 21.8. The van der Waals surface area contributed by atoms with Crippen molar-refractivity contribution in [2.24, 2.45) is 5.10 Å². The summed E-state index contributed by atoms with van der Waals surface area (Å²) in [5.41, 5.74) is 13.6. The second-order valence-corrected chi connectivity index (χ2v) is 7.18. The van der Waals surface area contributed by atoms with Crippen LogP contribution in [0, 0.1) is 13.8 Å². The number of amides is 1. The van der Waals surface area contributed by atoms with E-state index in [4.69, 9.17) is 10.5 Å². The number of nitrogens with zero attached hydrogens (tertiary/aromatic N) is 3. The molecule has 0 bridgehead atoms. The Morgan fingerprint density at radius 2 is 1.87 bits per heavy atom. The molecule has 4 N–H and O–H groups in total. The smallest absolute Gasteiger partial charge is 0.277 e. The third-order valence-corrected chi connectivity index (χ3v) is 4.80. The fourth-order valence-electron chi connectivity index (χ4n) is 3.33. The van der Waals surface area contributed by atoms with Crippen LogP contribution in [0.4, 0.5) is 5.95 Å². The van der Waals surface area contributed by atoms with E-state index in [1.807, 2.05) is 56.4 Å². The number of aromatic amines is 1. The fourth-order valence-corrected chi connectivity index (χ4v) is 3.33. The number of hydrazone groups is 1. The fraction of sp³-hybridized carbons (Fsp3) is 0.130. The van der Waals surface area contributed by atoms with Crippen molar-refractivity contribution in [2.75, 3.05) is 12.3 Å². The molecule has 31 heavy (non-hydrogen) atoms. The molecule has 0 fully saturated rings. The molecular formula is C23H22N6O2. The predicted molar refractivity (Wildman–Crippen MR) is 121 cm³/mol. The summed E-state index contributed by atoms with van der Waals surface area (Å²) in [4.78, 5) is 23.3. The lowest BCUT2D eigenvalue weighted by Crippen LogP contribution is -2.25. The van der Waals surface area contributed by atoms with Gasteiger partial charge in [0.15, 0.2) is 6.61 Å². The van der Waals surface area contributed by atoms with Crippen LogP contribution in [-0.2, 0) is 4.79 Å². The Morgan fingerprint density at radius 3 is 2.61 bits per heavy atom. The summed E-state index contributed by atoms with van der Waals surface area (Å²) < 4.78 is 5.75. The lowest BCUT2D eigenvalue weighted by molar-refractivity contribution is -0.123. The molecule has 0 spiro atoms. The van der Waals surface area contributed by atoms with Gasteiger partial charge in [-0.3, -0.25) is 4.79 Å². The van der Waals surface area contributed by atoms with Crippen molar-refractivity contribution >= 4 is 29.0 Å². The van der Waals surface area contributed by atoms with Crippen molar-refractivity contribution in [1.29, 1.82) is 0 Å². The van der Waals surface area contributed by atoms with E-state index in [-0.39, 0.29) is 18.5 Å². The van der Waals surface area contributed by atoms with Crippen LogP contribution in [0.2, 0.25) is 0 Å². The quantitative estimate of drug-likeness (QED) is 0.330. The van der Waals surface area contributed by atoms with Crippen molar-refractivity contribution < 1.29 is 9.53 Å². The van der Waals surface area contributed by atoms with Gasteiger partial charge in [-0.25, -0.2) is 15.4 Å². The number of hydrogen-bond donors (Lipinski definition) is 3. The number of nitrogen functional groups attached to an aromatic ring is 1. The van der Waals surface area contributed by atoms with Crippen LogP contribution in [-0.4, -0.2) is 33.7 Å². The normalized spacial score (nSPS) is 11.2. The van der Waals surface area contributed by atoms with E-state index in [9.17, 15) is 4.79 Å². The summed E-state index contributed by atoms with van der Waals surface area (Å²) in [6.45, 7) is 3.71. The average molecular weight is 414 g/mol. The molecule has 0 aliphatic heterocycles. The van der Waals surface area contributed by atoms with E-state index in [0.717, 1.165) is 38.7 Å². The minimum atomic E-state index is -0.341. The molecule has 2 aromatic heterocycles. The number of nitrogens with two attached hydrogens (primary N) is 1. The standard InChI is InChI=1S/C23H22N6O2/c1-14-7-18(19-11-26-23(24)27-12-19)8-15(2)22(14)31-13-21(30)29-28-10-16-3-4-17-5-6-25-20(17)9-16/h3-12,25H,13H2,1-2H3,(H,29,30)(H2,24,26,27)/b28-10+. The van der Waals surface area contributed by atoms with Gasteiger partial charge < -0.3 is 15.5 Å². The zero-order valence-electron chi connectivity index (χ0n) is 17.2. The summed E-state index contributed by atoms with van der Waals surface area (Å²) in [6, 6.07) is 11.8. The van der Waals surface area contributed by atoms with Gasteiger partial charge in [-0.2, -0.15) is 5.10 Å². The number of nitrogens with one attached hydrogen (secondary N) is 2. The van der Waals surface area contributed by atoms with Crippen molar-refractivity contribution in [3.63, 3.8) is 0 Å². The van der Waals surface area contributed by atoms with Gasteiger partial charge in [-0.05, 0) is 65.8 Å². The Morgan fingerprint density at radius 1 is 1.13 bits per heavy atom. The van der Waals surface area contributed by atoms with Crippen LogP contribution in [0.15, 0.2) is 60.1 Å². The van der Waals surface area contributed by atoms with Gasteiger partial charge in [0, 0.05) is 29.7 Å². The van der Waals surface area contributed by atoms with Gasteiger partial charge in [0.05, 0.1) is 6.21 Å². The first-order chi connectivity index (χ1) is 15.0. The van der Waals surface area contributed by atoms with Crippen LogP contribution in [0.1, 0.15) is 16.7 Å². The number of anilines is 1. The van der Waals surface area contributed by atoms with Crippen molar-refractivity contribution in [3.8, 4) is 16.9 Å². The van der Waals surface area contributed by atoms with Gasteiger partial charge in [-0.1, -0.05) is 12.1 Å². The first kappa shape index (κ1) is 20.1. The second kappa shape index (κ2) is 8.66. The lowest BCUT2D eigenvalue weighted by atomic mass is 10.0. The highest BCUT2D eigenvalue weighted by Gasteiger charge is 2.10. The molecule has 2 aromatic carbocycles. The number of ether oxygens (including phenoxy) is 1. The SMILES string of the molecule is Cc1cc(-c2cnc(N)nc2)cc(C)c1OCC(=O)N/N=C/c1ccc2cc[nH]c2c1. The maximum atomic E-state index is 12.1. The Hall–Kier alpha value is -4.20. The van der Waals surface area contributed by atoms with E-state index < -0.39 is 0 Å². The Labute approximate surface area is 179 Å². The molecule has 0 aliphatic rings. The molecule has 4 aromatic rings. The number of rotatable bonds is 6. The highest BCUT2D eigenvalue weighted by Crippen LogP contribution is 2.29. The molecule has 0 aliphatic carbocycles. The number of carbonyl (C=O) groups is 1. The predicted octanol–water partition coefficient (Wildman–Crippen LogP) is 3.35. The minimum Gasteiger partial charge on any atom is -0.483 e. The average Bonchev–Trinajstić information content (AvgIpc) is 3.21. The number of aryl methyl sites for hydroxylation is 2. The van der Waals surface area contributed by atoms with Gasteiger partial charge in [0.25, 0.3) is 5.91 Å². The maximum absolute atomic E-state index is 12.1. The van der Waals surface area contributed by atoms with Gasteiger partial charge in [0.2, 0.25) is 5.95 Å². The monoisotopic (exact) mass is 414 g/mol.